The molecule has 2 aromatic rings. The summed E-state index contributed by atoms with van der Waals surface area (Å²) in [6.45, 7) is 2.04. The number of halogens is 1. The zero-order chi connectivity index (χ0) is 14.2. The summed E-state index contributed by atoms with van der Waals surface area (Å²) in [5, 5.41) is 0.630. The minimum absolute atomic E-state index is 0.352. The van der Waals surface area contributed by atoms with E-state index in [4.69, 9.17) is 11.6 Å². The van der Waals surface area contributed by atoms with Gasteiger partial charge in [0.15, 0.2) is 16.3 Å². The molecule has 0 aliphatic heterocycles. The number of aromatic nitrogens is 4. The van der Waals surface area contributed by atoms with Gasteiger partial charge in [-0.25, -0.2) is 9.78 Å². The quantitative estimate of drug-likeness (QED) is 0.673. The predicted molar refractivity (Wildman–Crippen MR) is 77.2 cm³/mol. The summed E-state index contributed by atoms with van der Waals surface area (Å²) < 4.78 is 2.43. The smallest absolute Gasteiger partial charge is 0.327 e. The van der Waals surface area contributed by atoms with E-state index < -0.39 is 0 Å². The molecule has 19 heavy (non-hydrogen) atoms. The summed E-state index contributed by atoms with van der Waals surface area (Å²) in [4.78, 5) is 31.0. The Kier molecular flexibility index (Phi) is 4.05. The van der Waals surface area contributed by atoms with E-state index in [1.807, 2.05) is 6.92 Å². The molecule has 0 bridgehead atoms. The molecule has 0 fully saturated rings. The fraction of sp³-hybridized carbons (Fsp3) is 0.545. The number of nitrogens with zero attached hydrogens (tertiary/aromatic N) is 3. The molecule has 1 unspecified atom stereocenters. The van der Waals surface area contributed by atoms with Gasteiger partial charge in [-0.3, -0.25) is 13.9 Å². The number of rotatable bonds is 4. The van der Waals surface area contributed by atoms with E-state index in [0.717, 1.165) is 10.3 Å². The molecule has 1 N–H and O–H groups in total. The maximum absolute atomic E-state index is 12.0. The van der Waals surface area contributed by atoms with Crippen molar-refractivity contribution in [1.29, 1.82) is 0 Å². The van der Waals surface area contributed by atoms with Crippen molar-refractivity contribution < 1.29 is 0 Å². The number of aryl methyl sites for hydroxylation is 1. The van der Waals surface area contributed by atoms with Crippen molar-refractivity contribution >= 4 is 34.5 Å². The van der Waals surface area contributed by atoms with E-state index in [0.29, 0.717) is 28.1 Å². The largest absolute Gasteiger partial charge is 0.332 e. The first kappa shape index (κ1) is 14.2. The molecular weight excluding hydrogens is 288 g/mol. The van der Waals surface area contributed by atoms with Crippen LogP contribution < -0.4 is 11.2 Å². The van der Waals surface area contributed by atoms with Crippen molar-refractivity contribution in [3.63, 3.8) is 0 Å². The van der Waals surface area contributed by atoms with Gasteiger partial charge in [0.05, 0.1) is 0 Å². The second-order valence-electron chi connectivity index (χ2n) is 4.52. The number of nitrogens with one attached hydrogen (secondary N) is 1. The Labute approximate surface area is 118 Å². The topological polar surface area (TPSA) is 72.7 Å². The van der Waals surface area contributed by atoms with Gasteiger partial charge in [-0.05, 0) is 5.92 Å². The third-order valence-electron chi connectivity index (χ3n) is 2.84. The highest BCUT2D eigenvalue weighted by Crippen LogP contribution is 2.19. The minimum atomic E-state index is -0.380. The van der Waals surface area contributed by atoms with Crippen molar-refractivity contribution in [2.24, 2.45) is 20.0 Å². The van der Waals surface area contributed by atoms with Crippen LogP contribution in [0.3, 0.4) is 0 Å². The second-order valence-corrected chi connectivity index (χ2v) is 5.83. The van der Waals surface area contributed by atoms with Gasteiger partial charge in [0.2, 0.25) is 0 Å². The van der Waals surface area contributed by atoms with Gasteiger partial charge in [-0.1, -0.05) is 18.7 Å². The predicted octanol–water partition coefficient (Wildman–Crippen LogP) is 0.927. The summed E-state index contributed by atoms with van der Waals surface area (Å²) in [5.74, 6) is 1.73. The Morgan fingerprint density at radius 3 is 2.68 bits per heavy atom. The second kappa shape index (κ2) is 5.42. The van der Waals surface area contributed by atoms with Crippen LogP contribution in [0.4, 0.5) is 0 Å². The van der Waals surface area contributed by atoms with E-state index in [2.05, 4.69) is 9.97 Å². The van der Waals surface area contributed by atoms with E-state index in [-0.39, 0.29) is 11.2 Å². The van der Waals surface area contributed by atoms with Crippen LogP contribution in [-0.4, -0.2) is 30.7 Å². The van der Waals surface area contributed by atoms with Crippen LogP contribution >= 0.6 is 23.4 Å². The maximum atomic E-state index is 12.0. The molecule has 0 aliphatic carbocycles. The molecule has 1 atom stereocenters. The van der Waals surface area contributed by atoms with Gasteiger partial charge in [0, 0.05) is 25.7 Å². The van der Waals surface area contributed by atoms with Gasteiger partial charge in [0.1, 0.15) is 0 Å². The zero-order valence-electron chi connectivity index (χ0n) is 10.9. The van der Waals surface area contributed by atoms with Crippen LogP contribution in [0, 0.1) is 5.92 Å². The number of aromatic amines is 1. The molecule has 0 amide bonds. The molecule has 2 aromatic heterocycles. The number of alkyl halides is 1. The van der Waals surface area contributed by atoms with Gasteiger partial charge in [-0.2, -0.15) is 0 Å². The number of hydrogen-bond donors (Lipinski definition) is 1. The highest BCUT2D eigenvalue weighted by molar-refractivity contribution is 7.99. The lowest BCUT2D eigenvalue weighted by atomic mass is 10.3. The molecule has 6 nitrogen and oxygen atoms in total. The maximum Gasteiger partial charge on any atom is 0.332 e. The van der Waals surface area contributed by atoms with Crippen LogP contribution in [-0.2, 0) is 14.1 Å². The van der Waals surface area contributed by atoms with E-state index in [9.17, 15) is 9.59 Å². The lowest BCUT2D eigenvalue weighted by Gasteiger charge is -2.03. The fourth-order valence-electron chi connectivity index (χ4n) is 1.64. The molecule has 0 radical (unpaired) electrons. The Bertz CT molecular complexity index is 718. The minimum Gasteiger partial charge on any atom is -0.327 e. The fourth-order valence-corrected chi connectivity index (χ4v) is 2.76. The van der Waals surface area contributed by atoms with Crippen molar-refractivity contribution in [2.45, 2.75) is 12.1 Å². The van der Waals surface area contributed by atoms with Crippen molar-refractivity contribution in [2.75, 3.05) is 11.6 Å². The normalized spacial score (nSPS) is 13.1. The molecule has 0 spiro atoms. The highest BCUT2D eigenvalue weighted by Gasteiger charge is 2.14. The van der Waals surface area contributed by atoms with Crippen LogP contribution in [0.25, 0.3) is 11.2 Å². The number of hydrogen-bond acceptors (Lipinski definition) is 4. The first-order valence-corrected chi connectivity index (χ1v) is 7.32. The van der Waals surface area contributed by atoms with Crippen LogP contribution in [0.1, 0.15) is 6.92 Å². The standard InChI is InChI=1S/C11H15ClN4O2S/c1-6(4-12)5-19-10-13-7-8(14-10)15(2)11(18)16(3)9(7)17/h6H,4-5H2,1-3H3,(H,13,14). The average Bonchev–Trinajstić information content (AvgIpc) is 2.84. The van der Waals surface area contributed by atoms with E-state index in [1.54, 1.807) is 7.05 Å². The SMILES string of the molecule is CC(CCl)CSc1nc2c([nH]1)c(=O)n(C)c(=O)n2C. The number of fused-ring (bicyclic) bond motifs is 1. The van der Waals surface area contributed by atoms with Crippen LogP contribution in [0.5, 0.6) is 0 Å². The number of H-pyrrole nitrogens is 1. The molecule has 2 rings (SSSR count). The Balaban J connectivity index is 2.46. The Morgan fingerprint density at radius 2 is 2.05 bits per heavy atom. The molecular formula is C11H15ClN4O2S. The number of thioether (sulfide) groups is 1. The van der Waals surface area contributed by atoms with E-state index in [1.165, 1.54) is 23.4 Å². The van der Waals surface area contributed by atoms with Gasteiger partial charge in [0.25, 0.3) is 5.56 Å². The summed E-state index contributed by atoms with van der Waals surface area (Å²) >= 11 is 7.24. The van der Waals surface area contributed by atoms with Gasteiger partial charge < -0.3 is 4.98 Å². The van der Waals surface area contributed by atoms with E-state index >= 15 is 0 Å². The molecule has 2 heterocycles. The lowest BCUT2D eigenvalue weighted by Crippen LogP contribution is -2.36. The number of imidazole rings is 1. The average molecular weight is 303 g/mol. The third kappa shape index (κ3) is 2.57. The van der Waals surface area contributed by atoms with Crippen molar-refractivity contribution in [3.8, 4) is 0 Å². The summed E-state index contributed by atoms with van der Waals surface area (Å²) in [7, 11) is 3.05. The summed E-state index contributed by atoms with van der Waals surface area (Å²) in [5.41, 5.74) is -0.00253. The molecule has 0 saturated carbocycles. The molecule has 0 aliphatic rings. The van der Waals surface area contributed by atoms with Gasteiger partial charge >= 0.3 is 5.69 Å². The van der Waals surface area contributed by atoms with Crippen LogP contribution in [0.15, 0.2) is 14.7 Å². The Hall–Kier alpha value is -1.21. The summed E-state index contributed by atoms with van der Waals surface area (Å²) in [6, 6.07) is 0. The lowest BCUT2D eigenvalue weighted by molar-refractivity contribution is 0.708. The Morgan fingerprint density at radius 1 is 1.37 bits per heavy atom. The molecule has 0 saturated heterocycles. The first-order chi connectivity index (χ1) is 8.95. The van der Waals surface area contributed by atoms with Gasteiger partial charge in [-0.15, -0.1) is 11.6 Å². The van der Waals surface area contributed by atoms with Crippen molar-refractivity contribution in [3.05, 3.63) is 20.8 Å². The highest BCUT2D eigenvalue weighted by atomic mass is 35.5. The molecule has 0 aromatic carbocycles. The molecule has 104 valence electrons. The first-order valence-electron chi connectivity index (χ1n) is 5.80. The summed E-state index contributed by atoms with van der Waals surface area (Å²) in [6.07, 6.45) is 0. The third-order valence-corrected chi connectivity index (χ3v) is 4.57. The van der Waals surface area contributed by atoms with Crippen LogP contribution in [0.2, 0.25) is 0 Å². The monoisotopic (exact) mass is 302 g/mol. The zero-order valence-corrected chi connectivity index (χ0v) is 12.5. The molecule has 8 heteroatoms. The van der Waals surface area contributed by atoms with Crippen molar-refractivity contribution in [1.82, 2.24) is 19.1 Å².